The SMILES string of the molecule is O=C(Nc1cc(-c2ccncc2)[nH]n1)[C@H]1CCOc2ccccc21. The van der Waals surface area contributed by atoms with Crippen molar-refractivity contribution < 1.29 is 9.53 Å². The standard InChI is InChI=1S/C18H16N4O2/c23-18(14-7-10-24-16-4-2-1-3-13(14)16)20-17-11-15(21-22-17)12-5-8-19-9-6-12/h1-6,8-9,11,14H,7,10H2,(H2,20,21,22,23)/t14-/m0/s1. The van der Waals surface area contributed by atoms with E-state index in [1.807, 2.05) is 42.5 Å². The molecule has 1 atom stereocenters. The highest BCUT2D eigenvalue weighted by molar-refractivity contribution is 5.96. The first-order valence-corrected chi connectivity index (χ1v) is 7.79. The Balaban J connectivity index is 1.53. The first-order valence-electron chi connectivity index (χ1n) is 7.79. The number of fused-ring (bicyclic) bond motifs is 1. The molecule has 0 unspecified atom stereocenters. The molecular formula is C18H16N4O2. The van der Waals surface area contributed by atoms with Crippen LogP contribution in [0.15, 0.2) is 54.9 Å². The van der Waals surface area contributed by atoms with E-state index in [0.29, 0.717) is 18.8 Å². The molecule has 0 saturated carbocycles. The van der Waals surface area contributed by atoms with E-state index in [9.17, 15) is 4.79 Å². The molecule has 1 aliphatic heterocycles. The van der Waals surface area contributed by atoms with Gasteiger partial charge in [0.05, 0.1) is 18.2 Å². The lowest BCUT2D eigenvalue weighted by molar-refractivity contribution is -0.118. The molecule has 1 aliphatic rings. The summed E-state index contributed by atoms with van der Waals surface area (Å²) in [7, 11) is 0. The van der Waals surface area contributed by atoms with Crippen LogP contribution in [0.2, 0.25) is 0 Å². The maximum Gasteiger partial charge on any atom is 0.233 e. The number of benzene rings is 1. The Bertz CT molecular complexity index is 860. The van der Waals surface area contributed by atoms with Crippen LogP contribution in [0.25, 0.3) is 11.3 Å². The first-order chi connectivity index (χ1) is 11.8. The van der Waals surface area contributed by atoms with Gasteiger partial charge in [-0.25, -0.2) is 0 Å². The van der Waals surface area contributed by atoms with E-state index in [1.54, 1.807) is 12.4 Å². The van der Waals surface area contributed by atoms with Gasteiger partial charge in [-0.05, 0) is 24.6 Å². The number of amides is 1. The monoisotopic (exact) mass is 320 g/mol. The predicted octanol–water partition coefficient (Wildman–Crippen LogP) is 2.98. The second-order valence-corrected chi connectivity index (χ2v) is 5.62. The molecule has 2 aromatic heterocycles. The topological polar surface area (TPSA) is 79.9 Å². The summed E-state index contributed by atoms with van der Waals surface area (Å²) in [4.78, 5) is 16.6. The molecule has 0 bridgehead atoms. The number of aromatic nitrogens is 3. The van der Waals surface area contributed by atoms with Gasteiger partial charge in [0.2, 0.25) is 5.91 Å². The second kappa shape index (κ2) is 6.16. The molecule has 1 amide bonds. The Morgan fingerprint density at radius 1 is 1.21 bits per heavy atom. The van der Waals surface area contributed by atoms with Gasteiger partial charge in [0, 0.05) is 29.6 Å². The van der Waals surface area contributed by atoms with Crippen molar-refractivity contribution in [3.05, 3.63) is 60.4 Å². The zero-order valence-corrected chi connectivity index (χ0v) is 12.9. The molecule has 6 nitrogen and oxygen atoms in total. The molecule has 3 aromatic rings. The van der Waals surface area contributed by atoms with Crippen molar-refractivity contribution in [3.63, 3.8) is 0 Å². The van der Waals surface area contributed by atoms with Crippen LogP contribution in [0.3, 0.4) is 0 Å². The third-order valence-corrected chi connectivity index (χ3v) is 4.10. The Morgan fingerprint density at radius 2 is 2.04 bits per heavy atom. The summed E-state index contributed by atoms with van der Waals surface area (Å²) in [5, 5.41) is 10.00. The smallest absolute Gasteiger partial charge is 0.233 e. The van der Waals surface area contributed by atoms with Gasteiger partial charge in [0.25, 0.3) is 0 Å². The molecule has 0 aliphatic carbocycles. The van der Waals surface area contributed by atoms with Crippen LogP contribution in [0, 0.1) is 0 Å². The second-order valence-electron chi connectivity index (χ2n) is 5.62. The molecule has 0 radical (unpaired) electrons. The number of para-hydroxylation sites is 1. The summed E-state index contributed by atoms with van der Waals surface area (Å²) < 4.78 is 5.61. The fraction of sp³-hybridized carbons (Fsp3) is 0.167. The van der Waals surface area contributed by atoms with Crippen molar-refractivity contribution in [2.24, 2.45) is 0 Å². The van der Waals surface area contributed by atoms with Crippen molar-refractivity contribution >= 4 is 11.7 Å². The lowest BCUT2D eigenvalue weighted by Crippen LogP contribution is -2.26. The number of ether oxygens (including phenoxy) is 1. The third kappa shape index (κ3) is 2.74. The van der Waals surface area contributed by atoms with E-state index in [4.69, 9.17) is 4.74 Å². The van der Waals surface area contributed by atoms with E-state index in [2.05, 4.69) is 20.5 Å². The number of carbonyl (C=O) groups excluding carboxylic acids is 1. The molecule has 24 heavy (non-hydrogen) atoms. The number of hydrogen-bond donors (Lipinski definition) is 2. The van der Waals surface area contributed by atoms with E-state index >= 15 is 0 Å². The molecule has 120 valence electrons. The van der Waals surface area contributed by atoms with Crippen molar-refractivity contribution in [3.8, 4) is 17.0 Å². The fourth-order valence-electron chi connectivity index (χ4n) is 2.89. The number of anilines is 1. The van der Waals surface area contributed by atoms with Crippen molar-refractivity contribution in [2.45, 2.75) is 12.3 Å². The number of carbonyl (C=O) groups is 1. The Kier molecular flexibility index (Phi) is 3.70. The quantitative estimate of drug-likeness (QED) is 0.777. The highest BCUT2D eigenvalue weighted by atomic mass is 16.5. The van der Waals surface area contributed by atoms with Crippen LogP contribution in [0.5, 0.6) is 5.75 Å². The number of nitrogens with zero attached hydrogens (tertiary/aromatic N) is 2. The van der Waals surface area contributed by atoms with Crippen molar-refractivity contribution in [1.82, 2.24) is 15.2 Å². The third-order valence-electron chi connectivity index (χ3n) is 4.10. The van der Waals surface area contributed by atoms with Gasteiger partial charge in [-0.1, -0.05) is 18.2 Å². The zero-order valence-electron chi connectivity index (χ0n) is 12.9. The average molecular weight is 320 g/mol. The van der Waals surface area contributed by atoms with Gasteiger partial charge in [-0.15, -0.1) is 0 Å². The van der Waals surface area contributed by atoms with Gasteiger partial charge in [0.15, 0.2) is 5.82 Å². The van der Waals surface area contributed by atoms with Crippen LogP contribution in [0.4, 0.5) is 5.82 Å². The highest BCUT2D eigenvalue weighted by Crippen LogP contribution is 2.34. The van der Waals surface area contributed by atoms with Crippen LogP contribution >= 0.6 is 0 Å². The maximum absolute atomic E-state index is 12.6. The average Bonchev–Trinajstić information content (AvgIpc) is 3.10. The minimum absolute atomic E-state index is 0.0708. The summed E-state index contributed by atoms with van der Waals surface area (Å²) in [6, 6.07) is 13.2. The van der Waals surface area contributed by atoms with Gasteiger partial charge >= 0.3 is 0 Å². The van der Waals surface area contributed by atoms with Crippen LogP contribution < -0.4 is 10.1 Å². The van der Waals surface area contributed by atoms with Crippen LogP contribution in [-0.2, 0) is 4.79 Å². The highest BCUT2D eigenvalue weighted by Gasteiger charge is 2.27. The van der Waals surface area contributed by atoms with E-state index in [1.165, 1.54) is 0 Å². The van der Waals surface area contributed by atoms with Crippen molar-refractivity contribution in [2.75, 3.05) is 11.9 Å². The summed E-state index contributed by atoms with van der Waals surface area (Å²) in [6.45, 7) is 0.540. The zero-order chi connectivity index (χ0) is 16.4. The van der Waals surface area contributed by atoms with Crippen LogP contribution in [-0.4, -0.2) is 27.7 Å². The van der Waals surface area contributed by atoms with E-state index < -0.39 is 0 Å². The lowest BCUT2D eigenvalue weighted by atomic mass is 9.92. The summed E-state index contributed by atoms with van der Waals surface area (Å²) in [5.41, 5.74) is 2.72. The Morgan fingerprint density at radius 3 is 2.92 bits per heavy atom. The predicted molar refractivity (Wildman–Crippen MR) is 89.7 cm³/mol. The molecule has 0 fully saturated rings. The molecule has 2 N–H and O–H groups in total. The lowest BCUT2D eigenvalue weighted by Gasteiger charge is -2.24. The van der Waals surface area contributed by atoms with E-state index in [0.717, 1.165) is 22.6 Å². The van der Waals surface area contributed by atoms with E-state index in [-0.39, 0.29) is 11.8 Å². The van der Waals surface area contributed by atoms with Crippen molar-refractivity contribution in [1.29, 1.82) is 0 Å². The summed E-state index contributed by atoms with van der Waals surface area (Å²) >= 11 is 0. The molecule has 6 heteroatoms. The maximum atomic E-state index is 12.6. The Hall–Kier alpha value is -3.15. The summed E-state index contributed by atoms with van der Waals surface area (Å²) in [5.74, 6) is 0.994. The summed E-state index contributed by atoms with van der Waals surface area (Å²) in [6.07, 6.45) is 4.09. The molecular weight excluding hydrogens is 304 g/mol. The fourth-order valence-corrected chi connectivity index (χ4v) is 2.89. The number of pyridine rings is 1. The normalized spacial score (nSPS) is 16.1. The number of hydrogen-bond acceptors (Lipinski definition) is 4. The Labute approximate surface area is 138 Å². The van der Waals surface area contributed by atoms with Gasteiger partial charge in [0.1, 0.15) is 5.75 Å². The first kappa shape index (κ1) is 14.4. The molecule has 3 heterocycles. The van der Waals surface area contributed by atoms with Gasteiger partial charge in [-0.3, -0.25) is 14.9 Å². The van der Waals surface area contributed by atoms with Gasteiger partial charge < -0.3 is 10.1 Å². The van der Waals surface area contributed by atoms with Gasteiger partial charge in [-0.2, -0.15) is 5.10 Å². The molecule has 0 saturated heterocycles. The number of aromatic amines is 1. The number of nitrogens with one attached hydrogen (secondary N) is 2. The minimum Gasteiger partial charge on any atom is -0.493 e. The van der Waals surface area contributed by atoms with Crippen LogP contribution in [0.1, 0.15) is 17.9 Å². The minimum atomic E-state index is -0.226. The molecule has 4 rings (SSSR count). The number of H-pyrrole nitrogens is 1. The molecule has 1 aromatic carbocycles. The number of rotatable bonds is 3. The molecule has 0 spiro atoms. The largest absolute Gasteiger partial charge is 0.493 e.